The Morgan fingerprint density at radius 2 is 1.83 bits per heavy atom. The summed E-state index contributed by atoms with van der Waals surface area (Å²) in [6, 6.07) is 12.3. The van der Waals surface area contributed by atoms with Gasteiger partial charge in [0.2, 0.25) is 5.91 Å². The first-order valence-electron chi connectivity index (χ1n) is 9.06. The van der Waals surface area contributed by atoms with E-state index in [-0.39, 0.29) is 5.91 Å². The normalized spacial score (nSPS) is 13.3. The molecule has 0 aliphatic heterocycles. The molecule has 1 aromatic heterocycles. The van der Waals surface area contributed by atoms with Crippen LogP contribution in [0.5, 0.6) is 0 Å². The van der Waals surface area contributed by atoms with Gasteiger partial charge in [0.1, 0.15) is 0 Å². The van der Waals surface area contributed by atoms with E-state index >= 15 is 0 Å². The van der Waals surface area contributed by atoms with Crippen LogP contribution in [-0.2, 0) is 11.0 Å². The summed E-state index contributed by atoms with van der Waals surface area (Å²) in [5.74, 6) is 0.694. The van der Waals surface area contributed by atoms with Crippen molar-refractivity contribution >= 4 is 33.5 Å². The van der Waals surface area contributed by atoms with Crippen molar-refractivity contribution in [2.75, 3.05) is 19.3 Å². The Bertz CT molecular complexity index is 850. The Balaban J connectivity index is 2.08. The standard InChI is InChI=1S/C21H25F3N2OS2/c1-5-29(18-12-11-16(15-25-18)21(22,23)24)20(2,3)19(27)26(4)13-14-28-17-9-7-6-8-10-17/h5-12,15H,13-14H2,1-4H3. The number of rotatable bonds is 7. The lowest BCUT2D eigenvalue weighted by molar-refractivity contribution is -0.138. The minimum atomic E-state index is -4.43. The summed E-state index contributed by atoms with van der Waals surface area (Å²) in [6.07, 6.45) is -3.60. The third kappa shape index (κ3) is 6.09. The van der Waals surface area contributed by atoms with Crippen LogP contribution in [0.25, 0.3) is 0 Å². The fourth-order valence-electron chi connectivity index (χ4n) is 2.83. The predicted molar refractivity (Wildman–Crippen MR) is 116 cm³/mol. The molecule has 0 aliphatic rings. The van der Waals surface area contributed by atoms with Crippen LogP contribution in [0.4, 0.5) is 13.2 Å². The zero-order valence-electron chi connectivity index (χ0n) is 16.9. The number of thioether (sulfide) groups is 1. The molecule has 3 nitrogen and oxygen atoms in total. The molecule has 8 heteroatoms. The fourth-order valence-corrected chi connectivity index (χ4v) is 5.86. The topological polar surface area (TPSA) is 33.2 Å². The number of nitrogens with zero attached hydrogens (tertiary/aromatic N) is 2. The molecule has 2 rings (SSSR count). The van der Waals surface area contributed by atoms with E-state index in [9.17, 15) is 18.0 Å². The highest BCUT2D eigenvalue weighted by atomic mass is 32.2. The number of amides is 1. The van der Waals surface area contributed by atoms with E-state index in [0.29, 0.717) is 11.6 Å². The summed E-state index contributed by atoms with van der Waals surface area (Å²) in [4.78, 5) is 19.9. The highest BCUT2D eigenvalue weighted by Gasteiger charge is 2.35. The quantitative estimate of drug-likeness (QED) is 0.415. The number of alkyl halides is 3. The Kier molecular flexibility index (Phi) is 7.94. The Labute approximate surface area is 176 Å². The van der Waals surface area contributed by atoms with E-state index < -0.39 is 27.0 Å². The summed E-state index contributed by atoms with van der Waals surface area (Å²) in [7, 11) is 1.02. The van der Waals surface area contributed by atoms with E-state index in [0.717, 1.165) is 22.9 Å². The van der Waals surface area contributed by atoms with Crippen LogP contribution in [-0.4, -0.2) is 45.3 Å². The molecule has 0 spiro atoms. The zero-order valence-corrected chi connectivity index (χ0v) is 18.5. The Morgan fingerprint density at radius 3 is 2.34 bits per heavy atom. The van der Waals surface area contributed by atoms with Gasteiger partial charge >= 0.3 is 6.18 Å². The van der Waals surface area contributed by atoms with Crippen LogP contribution in [0.15, 0.2) is 58.6 Å². The van der Waals surface area contributed by atoms with Crippen LogP contribution >= 0.6 is 22.2 Å². The van der Waals surface area contributed by atoms with Crippen molar-refractivity contribution in [3.63, 3.8) is 0 Å². The van der Waals surface area contributed by atoms with E-state index in [4.69, 9.17) is 0 Å². The Morgan fingerprint density at radius 1 is 1.17 bits per heavy atom. The maximum absolute atomic E-state index is 13.1. The van der Waals surface area contributed by atoms with E-state index in [1.165, 1.54) is 6.07 Å². The number of hydrogen-bond acceptors (Lipinski definition) is 3. The number of hydrogen-bond donors (Lipinski definition) is 0. The van der Waals surface area contributed by atoms with Gasteiger partial charge in [0.15, 0.2) is 0 Å². The van der Waals surface area contributed by atoms with Crippen LogP contribution in [0, 0.1) is 0 Å². The van der Waals surface area contributed by atoms with Crippen molar-refractivity contribution in [3.8, 4) is 0 Å². The van der Waals surface area contributed by atoms with Gasteiger partial charge in [-0.25, -0.2) is 4.98 Å². The lowest BCUT2D eigenvalue weighted by atomic mass is 10.2. The Hall–Kier alpha value is -1.80. The molecule has 0 saturated carbocycles. The minimum Gasteiger partial charge on any atom is -0.344 e. The molecule has 2 aromatic rings. The van der Waals surface area contributed by atoms with Crippen molar-refractivity contribution in [2.45, 2.75) is 41.6 Å². The van der Waals surface area contributed by atoms with Gasteiger partial charge in [0, 0.05) is 30.4 Å². The van der Waals surface area contributed by atoms with Crippen molar-refractivity contribution in [1.82, 2.24) is 9.88 Å². The lowest BCUT2D eigenvalue weighted by Crippen LogP contribution is -2.43. The van der Waals surface area contributed by atoms with Gasteiger partial charge in [-0.05, 0) is 45.0 Å². The first kappa shape index (κ1) is 23.5. The van der Waals surface area contributed by atoms with Gasteiger partial charge in [-0.1, -0.05) is 23.6 Å². The maximum atomic E-state index is 13.1. The van der Waals surface area contributed by atoms with Crippen molar-refractivity contribution in [1.29, 1.82) is 0 Å². The lowest BCUT2D eigenvalue weighted by Gasteiger charge is -2.32. The molecule has 0 saturated heterocycles. The summed E-state index contributed by atoms with van der Waals surface area (Å²) in [5, 5.41) is 2.32. The average molecular weight is 443 g/mol. The zero-order chi connectivity index (χ0) is 21.7. The molecule has 0 fully saturated rings. The molecule has 1 amide bonds. The van der Waals surface area contributed by atoms with Crippen LogP contribution in [0.1, 0.15) is 26.3 Å². The molecule has 1 atom stereocenters. The average Bonchev–Trinajstić information content (AvgIpc) is 2.68. The molecule has 29 heavy (non-hydrogen) atoms. The third-order valence-corrected chi connectivity index (χ3v) is 7.80. The largest absolute Gasteiger partial charge is 0.417 e. The second-order valence-corrected chi connectivity index (χ2v) is 10.6. The first-order valence-corrected chi connectivity index (χ1v) is 11.3. The van der Waals surface area contributed by atoms with Crippen LogP contribution in [0.2, 0.25) is 0 Å². The number of carbonyl (C=O) groups excluding carboxylic acids is 1. The van der Waals surface area contributed by atoms with Crippen LogP contribution in [0.3, 0.4) is 0 Å². The monoisotopic (exact) mass is 442 g/mol. The van der Waals surface area contributed by atoms with Gasteiger partial charge in [0.25, 0.3) is 0 Å². The van der Waals surface area contributed by atoms with Gasteiger partial charge in [0.05, 0.1) is 15.3 Å². The van der Waals surface area contributed by atoms with Crippen LogP contribution < -0.4 is 0 Å². The smallest absolute Gasteiger partial charge is 0.344 e. The van der Waals surface area contributed by atoms with Crippen molar-refractivity contribution in [2.24, 2.45) is 0 Å². The minimum absolute atomic E-state index is 0.0608. The van der Waals surface area contributed by atoms with Gasteiger partial charge in [-0.3, -0.25) is 4.79 Å². The summed E-state index contributed by atoms with van der Waals surface area (Å²) in [6.45, 7) is 6.02. The highest BCUT2D eigenvalue weighted by Crippen LogP contribution is 2.40. The second-order valence-electron chi connectivity index (χ2n) is 6.85. The molecule has 0 bridgehead atoms. The molecule has 0 radical (unpaired) electrons. The molecule has 0 aliphatic carbocycles. The number of halogens is 3. The third-order valence-electron chi connectivity index (χ3n) is 4.37. The first-order chi connectivity index (χ1) is 13.6. The maximum Gasteiger partial charge on any atom is 0.417 e. The molecular formula is C21H25F3N2OS2. The van der Waals surface area contributed by atoms with E-state index in [2.05, 4.69) is 4.98 Å². The molecule has 158 valence electrons. The van der Waals surface area contributed by atoms with E-state index in [1.54, 1.807) is 23.7 Å². The van der Waals surface area contributed by atoms with Gasteiger partial charge < -0.3 is 4.90 Å². The van der Waals surface area contributed by atoms with Crippen molar-refractivity contribution in [3.05, 3.63) is 54.2 Å². The predicted octanol–water partition coefficient (Wildman–Crippen LogP) is 5.58. The molecular weight excluding hydrogens is 417 g/mol. The van der Waals surface area contributed by atoms with Gasteiger partial charge in [-0.2, -0.15) is 13.2 Å². The fraction of sp³-hybridized carbons (Fsp3) is 0.381. The molecule has 1 aromatic carbocycles. The number of pyridine rings is 1. The summed E-state index contributed by atoms with van der Waals surface area (Å²) in [5.41, 5.74) is -0.792. The highest BCUT2D eigenvalue weighted by molar-refractivity contribution is 8.16. The van der Waals surface area contributed by atoms with Gasteiger partial charge in [-0.15, -0.1) is 22.2 Å². The number of aromatic nitrogens is 1. The summed E-state index contributed by atoms with van der Waals surface area (Å²) < 4.78 is 37.6. The number of benzene rings is 1. The molecule has 1 heterocycles. The molecule has 1 unspecified atom stereocenters. The SMILES string of the molecule is C/C=S(/c1ccc(C(F)(F)F)cn1)C(C)(C)C(=O)N(C)CCSc1ccccc1. The molecule has 0 N–H and O–H groups in total. The second kappa shape index (κ2) is 9.80. The van der Waals surface area contributed by atoms with Crippen molar-refractivity contribution < 1.29 is 18.0 Å². The number of carbonyl (C=O) groups is 1. The van der Waals surface area contributed by atoms with E-state index in [1.807, 2.05) is 56.5 Å². The summed E-state index contributed by atoms with van der Waals surface area (Å²) >= 11 is 1.67.